The third kappa shape index (κ3) is 2.28. The summed E-state index contributed by atoms with van der Waals surface area (Å²) in [6, 6.07) is 4.45. The maximum absolute atomic E-state index is 5.34. The van der Waals surface area contributed by atoms with Gasteiger partial charge in [-0.05, 0) is 38.6 Å². The standard InChI is InChI=1S/C11H16BrNO/c1-7-5-11(14-4)9(6-10(7)12)8(2)13-3/h5-6,8,13H,1-4H3. The van der Waals surface area contributed by atoms with Crippen molar-refractivity contribution in [2.24, 2.45) is 0 Å². The molecule has 2 nitrogen and oxygen atoms in total. The molecule has 0 fully saturated rings. The predicted molar refractivity (Wildman–Crippen MR) is 62.9 cm³/mol. The SMILES string of the molecule is CNC(C)c1cc(Br)c(C)cc1OC. The Labute approximate surface area is 93.8 Å². The quantitative estimate of drug-likeness (QED) is 0.899. The minimum absolute atomic E-state index is 0.293. The molecule has 0 aromatic heterocycles. The first kappa shape index (κ1) is 11.5. The molecule has 0 aliphatic rings. The van der Waals surface area contributed by atoms with Crippen LogP contribution in [0.15, 0.2) is 16.6 Å². The number of hydrogen-bond donors (Lipinski definition) is 1. The summed E-state index contributed by atoms with van der Waals surface area (Å²) in [5.74, 6) is 0.938. The molecular weight excluding hydrogens is 242 g/mol. The van der Waals surface area contributed by atoms with Gasteiger partial charge in [0.2, 0.25) is 0 Å². The summed E-state index contributed by atoms with van der Waals surface area (Å²) in [4.78, 5) is 0. The molecule has 14 heavy (non-hydrogen) atoms. The average molecular weight is 258 g/mol. The number of ether oxygens (including phenoxy) is 1. The number of methoxy groups -OCH3 is 1. The lowest BCUT2D eigenvalue weighted by Crippen LogP contribution is -2.13. The molecule has 0 saturated carbocycles. The Morgan fingerprint density at radius 1 is 1.43 bits per heavy atom. The summed E-state index contributed by atoms with van der Waals surface area (Å²) in [6.07, 6.45) is 0. The topological polar surface area (TPSA) is 21.3 Å². The third-order valence-electron chi connectivity index (χ3n) is 2.41. The number of aryl methyl sites for hydroxylation is 1. The van der Waals surface area contributed by atoms with Gasteiger partial charge in [0, 0.05) is 16.1 Å². The molecular formula is C11H16BrNO. The van der Waals surface area contributed by atoms with Gasteiger partial charge >= 0.3 is 0 Å². The highest BCUT2D eigenvalue weighted by Crippen LogP contribution is 2.30. The average Bonchev–Trinajstić information content (AvgIpc) is 2.20. The zero-order valence-corrected chi connectivity index (χ0v) is 10.6. The molecule has 1 aromatic rings. The summed E-state index contributed by atoms with van der Waals surface area (Å²) in [6.45, 7) is 4.17. The van der Waals surface area contributed by atoms with Crippen LogP contribution in [0.4, 0.5) is 0 Å². The van der Waals surface area contributed by atoms with E-state index in [4.69, 9.17) is 4.74 Å². The molecule has 78 valence electrons. The second-order valence-electron chi connectivity index (χ2n) is 3.35. The molecule has 0 aliphatic carbocycles. The molecule has 0 spiro atoms. The Morgan fingerprint density at radius 3 is 2.57 bits per heavy atom. The molecule has 0 aliphatic heterocycles. The van der Waals surface area contributed by atoms with E-state index in [9.17, 15) is 0 Å². The summed E-state index contributed by atoms with van der Waals surface area (Å²) >= 11 is 3.52. The highest BCUT2D eigenvalue weighted by atomic mass is 79.9. The van der Waals surface area contributed by atoms with Crippen molar-refractivity contribution in [1.82, 2.24) is 5.32 Å². The Hall–Kier alpha value is -0.540. The van der Waals surface area contributed by atoms with Crippen LogP contribution in [-0.4, -0.2) is 14.2 Å². The van der Waals surface area contributed by atoms with Crippen LogP contribution in [0.1, 0.15) is 24.1 Å². The third-order valence-corrected chi connectivity index (χ3v) is 3.26. The first-order chi connectivity index (χ1) is 6.60. The number of halogens is 1. The summed E-state index contributed by atoms with van der Waals surface area (Å²) in [5.41, 5.74) is 2.36. The van der Waals surface area contributed by atoms with Crippen LogP contribution in [0.2, 0.25) is 0 Å². The van der Waals surface area contributed by atoms with Gasteiger partial charge in [-0.25, -0.2) is 0 Å². The molecule has 0 bridgehead atoms. The monoisotopic (exact) mass is 257 g/mol. The molecule has 3 heteroatoms. The lowest BCUT2D eigenvalue weighted by atomic mass is 10.1. The first-order valence-electron chi connectivity index (χ1n) is 4.61. The van der Waals surface area contributed by atoms with E-state index in [-0.39, 0.29) is 0 Å². The fourth-order valence-corrected chi connectivity index (χ4v) is 1.70. The van der Waals surface area contributed by atoms with Crippen molar-refractivity contribution >= 4 is 15.9 Å². The summed E-state index contributed by atoms with van der Waals surface area (Å²) < 4.78 is 6.46. The van der Waals surface area contributed by atoms with E-state index >= 15 is 0 Å². The van der Waals surface area contributed by atoms with Crippen molar-refractivity contribution in [2.75, 3.05) is 14.2 Å². The van der Waals surface area contributed by atoms with Gasteiger partial charge in [-0.1, -0.05) is 15.9 Å². The number of nitrogens with one attached hydrogen (secondary N) is 1. The highest BCUT2D eigenvalue weighted by molar-refractivity contribution is 9.10. The molecule has 0 saturated heterocycles. The second kappa shape index (κ2) is 4.80. The van der Waals surface area contributed by atoms with Crippen molar-refractivity contribution in [1.29, 1.82) is 0 Å². The van der Waals surface area contributed by atoms with Crippen LogP contribution < -0.4 is 10.1 Å². The van der Waals surface area contributed by atoms with Crippen LogP contribution in [0, 0.1) is 6.92 Å². The smallest absolute Gasteiger partial charge is 0.123 e. The van der Waals surface area contributed by atoms with Crippen LogP contribution >= 0.6 is 15.9 Å². The second-order valence-corrected chi connectivity index (χ2v) is 4.21. The summed E-state index contributed by atoms with van der Waals surface area (Å²) in [5, 5.41) is 3.20. The van der Waals surface area contributed by atoms with Gasteiger partial charge in [0.25, 0.3) is 0 Å². The molecule has 0 amide bonds. The van der Waals surface area contributed by atoms with Crippen molar-refractivity contribution in [3.05, 3.63) is 27.7 Å². The van der Waals surface area contributed by atoms with Crippen LogP contribution in [0.5, 0.6) is 5.75 Å². The summed E-state index contributed by atoms with van der Waals surface area (Å²) in [7, 11) is 3.65. The first-order valence-corrected chi connectivity index (χ1v) is 5.40. The van der Waals surface area contributed by atoms with E-state index in [1.54, 1.807) is 7.11 Å². The van der Waals surface area contributed by atoms with Crippen molar-refractivity contribution < 1.29 is 4.74 Å². The van der Waals surface area contributed by atoms with Gasteiger partial charge in [-0.3, -0.25) is 0 Å². The Kier molecular flexibility index (Phi) is 3.96. The molecule has 1 aromatic carbocycles. The van der Waals surface area contributed by atoms with Crippen LogP contribution in [-0.2, 0) is 0 Å². The normalized spacial score (nSPS) is 12.6. The number of rotatable bonds is 3. The molecule has 1 rings (SSSR count). The molecule has 1 N–H and O–H groups in total. The molecule has 0 radical (unpaired) electrons. The van der Waals surface area contributed by atoms with E-state index in [1.807, 2.05) is 13.1 Å². The van der Waals surface area contributed by atoms with Crippen molar-refractivity contribution in [2.45, 2.75) is 19.9 Å². The van der Waals surface area contributed by atoms with E-state index in [1.165, 1.54) is 11.1 Å². The van der Waals surface area contributed by atoms with Gasteiger partial charge in [-0.2, -0.15) is 0 Å². The van der Waals surface area contributed by atoms with E-state index in [0.717, 1.165) is 10.2 Å². The Bertz CT molecular complexity index is 325. The maximum Gasteiger partial charge on any atom is 0.123 e. The van der Waals surface area contributed by atoms with Gasteiger partial charge in [0.15, 0.2) is 0 Å². The van der Waals surface area contributed by atoms with E-state index < -0.39 is 0 Å². The zero-order valence-electron chi connectivity index (χ0n) is 9.02. The fraction of sp³-hybridized carbons (Fsp3) is 0.455. The van der Waals surface area contributed by atoms with Gasteiger partial charge in [-0.15, -0.1) is 0 Å². The Balaban J connectivity index is 3.19. The van der Waals surface area contributed by atoms with E-state index in [2.05, 4.69) is 41.2 Å². The van der Waals surface area contributed by atoms with Gasteiger partial charge in [0.1, 0.15) is 5.75 Å². The van der Waals surface area contributed by atoms with Crippen LogP contribution in [0.25, 0.3) is 0 Å². The Morgan fingerprint density at radius 2 is 2.07 bits per heavy atom. The lowest BCUT2D eigenvalue weighted by molar-refractivity contribution is 0.403. The predicted octanol–water partition coefficient (Wildman–Crippen LogP) is 3.05. The number of hydrogen-bond acceptors (Lipinski definition) is 2. The highest BCUT2D eigenvalue weighted by Gasteiger charge is 2.11. The zero-order chi connectivity index (χ0) is 10.7. The largest absolute Gasteiger partial charge is 0.496 e. The number of benzene rings is 1. The van der Waals surface area contributed by atoms with Gasteiger partial charge < -0.3 is 10.1 Å². The van der Waals surface area contributed by atoms with Gasteiger partial charge in [0.05, 0.1) is 7.11 Å². The van der Waals surface area contributed by atoms with E-state index in [0.29, 0.717) is 6.04 Å². The fourth-order valence-electron chi connectivity index (χ4n) is 1.34. The van der Waals surface area contributed by atoms with Crippen molar-refractivity contribution in [3.8, 4) is 5.75 Å². The lowest BCUT2D eigenvalue weighted by Gasteiger charge is -2.16. The van der Waals surface area contributed by atoms with Crippen molar-refractivity contribution in [3.63, 3.8) is 0 Å². The maximum atomic E-state index is 5.34. The molecule has 0 heterocycles. The molecule has 1 atom stereocenters. The minimum atomic E-state index is 0.293. The van der Waals surface area contributed by atoms with Crippen LogP contribution in [0.3, 0.4) is 0 Å². The molecule has 1 unspecified atom stereocenters. The minimum Gasteiger partial charge on any atom is -0.496 e.